The van der Waals surface area contributed by atoms with E-state index in [0.717, 1.165) is 12.8 Å². The van der Waals surface area contributed by atoms with Gasteiger partial charge in [0.2, 0.25) is 0 Å². The quantitative estimate of drug-likeness (QED) is 0.863. The summed E-state index contributed by atoms with van der Waals surface area (Å²) in [4.78, 5) is 23.9. The second-order valence-corrected chi connectivity index (χ2v) is 6.64. The Labute approximate surface area is 141 Å². The van der Waals surface area contributed by atoms with E-state index in [4.69, 9.17) is 16.3 Å². The van der Waals surface area contributed by atoms with Crippen LogP contribution < -0.4 is 10.1 Å². The van der Waals surface area contributed by atoms with Crippen LogP contribution in [-0.4, -0.2) is 28.6 Å². The van der Waals surface area contributed by atoms with Crippen molar-refractivity contribution < 1.29 is 19.4 Å². The summed E-state index contributed by atoms with van der Waals surface area (Å²) in [5, 5.41) is 12.7. The van der Waals surface area contributed by atoms with Gasteiger partial charge < -0.3 is 15.2 Å². The van der Waals surface area contributed by atoms with Gasteiger partial charge in [-0.15, -0.1) is 0 Å². The highest BCUT2D eigenvalue weighted by Crippen LogP contribution is 2.34. The maximum Gasteiger partial charge on any atom is 0.308 e. The fourth-order valence-corrected chi connectivity index (χ4v) is 3.23. The zero-order chi connectivity index (χ0) is 17.0. The summed E-state index contributed by atoms with van der Waals surface area (Å²) in [6.45, 7) is 3.42. The minimum Gasteiger partial charge on any atom is -0.481 e. The zero-order valence-corrected chi connectivity index (χ0v) is 14.1. The molecular formula is C17H22ClNO4. The molecule has 0 saturated heterocycles. The first-order valence-corrected chi connectivity index (χ1v) is 8.17. The van der Waals surface area contributed by atoms with E-state index in [0.29, 0.717) is 23.6 Å². The molecule has 1 amide bonds. The van der Waals surface area contributed by atoms with Crippen LogP contribution in [0, 0.1) is 5.92 Å². The van der Waals surface area contributed by atoms with E-state index in [2.05, 4.69) is 5.32 Å². The maximum atomic E-state index is 12.4. The van der Waals surface area contributed by atoms with Crippen molar-refractivity contribution in [2.45, 2.75) is 51.2 Å². The molecule has 0 spiro atoms. The summed E-state index contributed by atoms with van der Waals surface area (Å²) in [6.07, 6.45) is 2.23. The number of carbonyl (C=O) groups excluding carboxylic acids is 1. The number of ether oxygens (including phenoxy) is 1. The number of aliphatic carboxylic acids is 1. The predicted octanol–water partition coefficient (Wildman–Crippen LogP) is 3.26. The molecule has 1 fully saturated rings. The molecule has 2 N–H and O–H groups in total. The third kappa shape index (κ3) is 4.16. The number of benzene rings is 1. The van der Waals surface area contributed by atoms with Gasteiger partial charge >= 0.3 is 5.97 Å². The molecule has 1 saturated carbocycles. The van der Waals surface area contributed by atoms with E-state index < -0.39 is 23.5 Å². The second-order valence-electron chi connectivity index (χ2n) is 6.23. The first kappa shape index (κ1) is 17.6. The van der Waals surface area contributed by atoms with Crippen LogP contribution in [0.3, 0.4) is 0 Å². The minimum atomic E-state index is -0.868. The summed E-state index contributed by atoms with van der Waals surface area (Å²) in [7, 11) is 0. The Kier molecular flexibility index (Phi) is 5.52. The van der Waals surface area contributed by atoms with Crippen LogP contribution in [0.4, 0.5) is 0 Å². The summed E-state index contributed by atoms with van der Waals surface area (Å²) in [6, 6.07) is 6.92. The number of amides is 1. The molecule has 0 radical (unpaired) electrons. The lowest BCUT2D eigenvalue weighted by Gasteiger charge is -2.40. The smallest absolute Gasteiger partial charge is 0.308 e. The molecule has 1 aliphatic carbocycles. The number of carboxylic acid groups (broad SMARTS) is 1. The van der Waals surface area contributed by atoms with Gasteiger partial charge in [-0.25, -0.2) is 0 Å². The summed E-state index contributed by atoms with van der Waals surface area (Å²) in [5.74, 6) is -1.35. The van der Waals surface area contributed by atoms with Crippen molar-refractivity contribution in [1.29, 1.82) is 0 Å². The standard InChI is InChI=1S/C17H22ClNO4/c1-11(23-14-9-4-3-8-13(14)18)15(20)19-17(2)10-6-5-7-12(17)16(21)22/h3-4,8-9,11-12H,5-7,10H2,1-2H3,(H,19,20)(H,21,22). The van der Waals surface area contributed by atoms with E-state index in [-0.39, 0.29) is 5.91 Å². The van der Waals surface area contributed by atoms with E-state index in [1.807, 2.05) is 0 Å². The lowest BCUT2D eigenvalue weighted by molar-refractivity contribution is -0.147. The highest BCUT2D eigenvalue weighted by Gasteiger charge is 2.42. The third-order valence-corrected chi connectivity index (χ3v) is 4.74. The molecule has 1 aromatic rings. The van der Waals surface area contributed by atoms with Crippen molar-refractivity contribution in [2.24, 2.45) is 5.92 Å². The minimum absolute atomic E-state index is 0.333. The number of halogens is 1. The Balaban J connectivity index is 2.05. The first-order valence-electron chi connectivity index (χ1n) is 7.79. The van der Waals surface area contributed by atoms with Crippen LogP contribution in [-0.2, 0) is 9.59 Å². The van der Waals surface area contributed by atoms with Gasteiger partial charge in [-0.1, -0.05) is 36.6 Å². The molecule has 0 aromatic heterocycles. The van der Waals surface area contributed by atoms with Crippen molar-refractivity contribution in [1.82, 2.24) is 5.32 Å². The van der Waals surface area contributed by atoms with Crippen molar-refractivity contribution in [3.05, 3.63) is 29.3 Å². The topological polar surface area (TPSA) is 75.6 Å². The SMILES string of the molecule is CC(Oc1ccccc1Cl)C(=O)NC1(C)CCCCC1C(=O)O. The lowest BCUT2D eigenvalue weighted by atomic mass is 9.74. The largest absolute Gasteiger partial charge is 0.481 e. The number of rotatable bonds is 5. The predicted molar refractivity (Wildman–Crippen MR) is 87.7 cm³/mol. The zero-order valence-electron chi connectivity index (χ0n) is 13.3. The van der Waals surface area contributed by atoms with Crippen LogP contribution in [0.5, 0.6) is 5.75 Å². The Morgan fingerprint density at radius 2 is 2.09 bits per heavy atom. The molecule has 1 aliphatic rings. The average Bonchev–Trinajstić information content (AvgIpc) is 2.49. The highest BCUT2D eigenvalue weighted by atomic mass is 35.5. The molecule has 126 valence electrons. The van der Waals surface area contributed by atoms with Gasteiger partial charge in [-0.2, -0.15) is 0 Å². The Morgan fingerprint density at radius 1 is 1.39 bits per heavy atom. The fraction of sp³-hybridized carbons (Fsp3) is 0.529. The molecule has 0 aliphatic heterocycles. The monoisotopic (exact) mass is 339 g/mol. The lowest BCUT2D eigenvalue weighted by Crippen LogP contribution is -2.57. The summed E-state index contributed by atoms with van der Waals surface area (Å²) >= 11 is 6.02. The molecule has 2 rings (SSSR count). The van der Waals surface area contributed by atoms with Crippen LogP contribution in [0.15, 0.2) is 24.3 Å². The van der Waals surface area contributed by atoms with Crippen LogP contribution in [0.1, 0.15) is 39.5 Å². The number of para-hydroxylation sites is 1. The molecule has 1 aromatic carbocycles. The van der Waals surface area contributed by atoms with Crippen LogP contribution in [0.25, 0.3) is 0 Å². The Hall–Kier alpha value is -1.75. The van der Waals surface area contributed by atoms with Crippen LogP contribution in [0.2, 0.25) is 5.02 Å². The molecule has 0 heterocycles. The second kappa shape index (κ2) is 7.21. The molecule has 0 bridgehead atoms. The molecule has 6 heteroatoms. The third-order valence-electron chi connectivity index (χ3n) is 4.42. The van der Waals surface area contributed by atoms with Gasteiger partial charge in [0, 0.05) is 0 Å². The van der Waals surface area contributed by atoms with Gasteiger partial charge in [0.1, 0.15) is 5.75 Å². The van der Waals surface area contributed by atoms with E-state index in [9.17, 15) is 14.7 Å². The number of hydrogen-bond acceptors (Lipinski definition) is 3. The van der Waals surface area contributed by atoms with Gasteiger partial charge in [-0.3, -0.25) is 9.59 Å². The van der Waals surface area contributed by atoms with Crippen molar-refractivity contribution in [2.75, 3.05) is 0 Å². The molecular weight excluding hydrogens is 318 g/mol. The summed E-state index contributed by atoms with van der Waals surface area (Å²) < 4.78 is 5.60. The van der Waals surface area contributed by atoms with Crippen LogP contribution >= 0.6 is 11.6 Å². The van der Waals surface area contributed by atoms with Gasteiger partial charge in [-0.05, 0) is 38.8 Å². The van der Waals surface area contributed by atoms with Gasteiger partial charge in [0.15, 0.2) is 6.10 Å². The van der Waals surface area contributed by atoms with E-state index in [1.54, 1.807) is 38.1 Å². The molecule has 3 atom stereocenters. The number of carboxylic acids is 1. The van der Waals surface area contributed by atoms with Crippen molar-refractivity contribution in [3.63, 3.8) is 0 Å². The molecule has 5 nitrogen and oxygen atoms in total. The van der Waals surface area contributed by atoms with Crippen molar-refractivity contribution in [3.8, 4) is 5.75 Å². The normalized spacial score (nSPS) is 25.4. The number of hydrogen-bond donors (Lipinski definition) is 2. The maximum absolute atomic E-state index is 12.4. The number of nitrogens with one attached hydrogen (secondary N) is 1. The Morgan fingerprint density at radius 3 is 2.74 bits per heavy atom. The average molecular weight is 340 g/mol. The molecule has 3 unspecified atom stereocenters. The Bertz CT molecular complexity index is 592. The fourth-order valence-electron chi connectivity index (χ4n) is 3.05. The van der Waals surface area contributed by atoms with Gasteiger partial charge in [0.05, 0.1) is 16.5 Å². The van der Waals surface area contributed by atoms with E-state index in [1.165, 1.54) is 0 Å². The highest BCUT2D eigenvalue weighted by molar-refractivity contribution is 6.32. The molecule has 23 heavy (non-hydrogen) atoms. The van der Waals surface area contributed by atoms with E-state index >= 15 is 0 Å². The van der Waals surface area contributed by atoms with Crippen molar-refractivity contribution >= 4 is 23.5 Å². The first-order chi connectivity index (χ1) is 10.8. The van der Waals surface area contributed by atoms with Gasteiger partial charge in [0.25, 0.3) is 5.91 Å². The summed E-state index contributed by atoms with van der Waals surface area (Å²) in [5.41, 5.74) is -0.751. The number of carbonyl (C=O) groups is 2.